The van der Waals surface area contributed by atoms with Crippen molar-refractivity contribution in [1.29, 1.82) is 0 Å². The third kappa shape index (κ3) is 4.83. The van der Waals surface area contributed by atoms with Crippen LogP contribution in [0.5, 0.6) is 5.75 Å². The van der Waals surface area contributed by atoms with Gasteiger partial charge in [-0.3, -0.25) is 4.90 Å². The average molecular weight is 317 g/mol. The maximum Gasteiger partial charge on any atom is 0.165 e. The molecule has 0 spiro atoms. The molecular weight excluding hydrogens is 291 g/mol. The predicted octanol–water partition coefficient (Wildman–Crippen LogP) is 3.39. The van der Waals surface area contributed by atoms with E-state index in [0.717, 1.165) is 38.2 Å². The molecule has 0 unspecified atom stereocenters. The molecule has 1 aromatic rings. The van der Waals surface area contributed by atoms with Gasteiger partial charge in [0.1, 0.15) is 0 Å². The van der Waals surface area contributed by atoms with Gasteiger partial charge < -0.3 is 10.1 Å². The quantitative estimate of drug-likeness (QED) is 0.870. The van der Waals surface area contributed by atoms with Gasteiger partial charge in [0.25, 0.3) is 0 Å². The topological polar surface area (TPSA) is 24.5 Å². The summed E-state index contributed by atoms with van der Waals surface area (Å²) in [4.78, 5) is 2.47. The summed E-state index contributed by atoms with van der Waals surface area (Å²) >= 11 is 0. The molecule has 1 aromatic carbocycles. The van der Waals surface area contributed by atoms with Crippen molar-refractivity contribution in [3.63, 3.8) is 0 Å². The van der Waals surface area contributed by atoms with Crippen LogP contribution in [-0.2, 0) is 0 Å². The van der Waals surface area contributed by atoms with Crippen molar-refractivity contribution in [2.45, 2.75) is 32.2 Å². The Kier molecular flexibility index (Phi) is 8.01. The van der Waals surface area contributed by atoms with E-state index in [1.807, 2.05) is 6.07 Å². The van der Waals surface area contributed by atoms with Crippen molar-refractivity contribution in [3.8, 4) is 5.75 Å². The SMILES string of the molecule is CCCC[C@H](c1ccc(OC)c(F)c1)N1CCNCC1.Cl. The Balaban J connectivity index is 0.00000220. The summed E-state index contributed by atoms with van der Waals surface area (Å²) in [7, 11) is 1.50. The maximum atomic E-state index is 13.9. The van der Waals surface area contributed by atoms with E-state index in [1.165, 1.54) is 20.0 Å². The fourth-order valence-electron chi connectivity index (χ4n) is 2.84. The lowest BCUT2D eigenvalue weighted by Crippen LogP contribution is -2.45. The number of unbranched alkanes of at least 4 members (excludes halogenated alkanes) is 1. The van der Waals surface area contributed by atoms with Crippen molar-refractivity contribution in [3.05, 3.63) is 29.6 Å². The van der Waals surface area contributed by atoms with Crippen molar-refractivity contribution >= 4 is 12.4 Å². The van der Waals surface area contributed by atoms with Crippen molar-refractivity contribution in [2.75, 3.05) is 33.3 Å². The van der Waals surface area contributed by atoms with Gasteiger partial charge in [-0.15, -0.1) is 12.4 Å². The predicted molar refractivity (Wildman–Crippen MR) is 86.9 cm³/mol. The number of ether oxygens (including phenoxy) is 1. The molecule has 120 valence electrons. The van der Waals surface area contributed by atoms with Crippen LogP contribution >= 0.6 is 12.4 Å². The molecule has 5 heteroatoms. The molecule has 1 saturated heterocycles. The Morgan fingerprint density at radius 2 is 2.05 bits per heavy atom. The van der Waals surface area contributed by atoms with Crippen LogP contribution in [0.2, 0.25) is 0 Å². The van der Waals surface area contributed by atoms with Crippen LogP contribution in [0.1, 0.15) is 37.8 Å². The molecule has 0 radical (unpaired) electrons. The molecule has 0 amide bonds. The molecule has 0 bridgehead atoms. The second-order valence-corrected chi connectivity index (χ2v) is 5.34. The van der Waals surface area contributed by atoms with Crippen molar-refractivity contribution < 1.29 is 9.13 Å². The highest BCUT2D eigenvalue weighted by molar-refractivity contribution is 5.85. The number of piperazine rings is 1. The van der Waals surface area contributed by atoms with Gasteiger partial charge in [-0.25, -0.2) is 4.39 Å². The molecule has 1 heterocycles. The minimum absolute atomic E-state index is 0. The largest absolute Gasteiger partial charge is 0.494 e. The lowest BCUT2D eigenvalue weighted by atomic mass is 9.98. The molecule has 0 aliphatic carbocycles. The normalized spacial score (nSPS) is 17.1. The second-order valence-electron chi connectivity index (χ2n) is 5.34. The summed E-state index contributed by atoms with van der Waals surface area (Å²) < 4.78 is 19.0. The summed E-state index contributed by atoms with van der Waals surface area (Å²) in [5.74, 6) is 0.0601. The highest BCUT2D eigenvalue weighted by atomic mass is 35.5. The Labute approximate surface area is 133 Å². The fourth-order valence-corrected chi connectivity index (χ4v) is 2.84. The third-order valence-corrected chi connectivity index (χ3v) is 3.98. The van der Waals surface area contributed by atoms with Crippen LogP contribution in [-0.4, -0.2) is 38.2 Å². The molecule has 3 nitrogen and oxygen atoms in total. The van der Waals surface area contributed by atoms with E-state index in [0.29, 0.717) is 11.8 Å². The summed E-state index contributed by atoms with van der Waals surface area (Å²) in [6, 6.07) is 5.70. The summed E-state index contributed by atoms with van der Waals surface area (Å²) in [5, 5.41) is 3.37. The van der Waals surface area contributed by atoms with Gasteiger partial charge in [0.2, 0.25) is 0 Å². The molecule has 1 fully saturated rings. The fraction of sp³-hybridized carbons (Fsp3) is 0.625. The Morgan fingerprint density at radius 3 is 2.62 bits per heavy atom. The molecule has 0 aromatic heterocycles. The number of hydrogen-bond acceptors (Lipinski definition) is 3. The molecule has 1 atom stereocenters. The lowest BCUT2D eigenvalue weighted by Gasteiger charge is -2.35. The summed E-state index contributed by atoms with van der Waals surface area (Å²) in [6.45, 7) is 6.29. The van der Waals surface area contributed by atoms with E-state index in [-0.39, 0.29) is 18.2 Å². The molecule has 21 heavy (non-hydrogen) atoms. The van der Waals surface area contributed by atoms with E-state index in [1.54, 1.807) is 12.1 Å². The van der Waals surface area contributed by atoms with Gasteiger partial charge in [-0.05, 0) is 24.1 Å². The van der Waals surface area contributed by atoms with E-state index >= 15 is 0 Å². The number of halogens is 2. The first-order chi connectivity index (χ1) is 9.76. The minimum atomic E-state index is -0.262. The molecule has 1 aliphatic heterocycles. The van der Waals surface area contributed by atoms with Gasteiger partial charge in [-0.2, -0.15) is 0 Å². The highest BCUT2D eigenvalue weighted by Gasteiger charge is 2.22. The number of nitrogens with one attached hydrogen (secondary N) is 1. The molecule has 0 saturated carbocycles. The Bertz CT molecular complexity index is 425. The van der Waals surface area contributed by atoms with Gasteiger partial charge >= 0.3 is 0 Å². The zero-order valence-corrected chi connectivity index (χ0v) is 13.7. The standard InChI is InChI=1S/C16H25FN2O.ClH/c1-3-4-5-15(19-10-8-18-9-11-19)13-6-7-16(20-2)14(17)12-13;/h6-7,12,15,18H,3-5,8-11H2,1-2H3;1H/t15-;/m1./s1. The smallest absolute Gasteiger partial charge is 0.165 e. The van der Waals surface area contributed by atoms with E-state index in [2.05, 4.69) is 17.1 Å². The van der Waals surface area contributed by atoms with Gasteiger partial charge in [0.15, 0.2) is 11.6 Å². The lowest BCUT2D eigenvalue weighted by molar-refractivity contribution is 0.163. The Morgan fingerprint density at radius 1 is 1.33 bits per heavy atom. The minimum Gasteiger partial charge on any atom is -0.494 e. The number of methoxy groups -OCH3 is 1. The number of benzene rings is 1. The van der Waals surface area contributed by atoms with Gasteiger partial charge in [0.05, 0.1) is 7.11 Å². The van der Waals surface area contributed by atoms with E-state index in [9.17, 15) is 4.39 Å². The molecule has 2 rings (SSSR count). The molecular formula is C16H26ClFN2O. The summed E-state index contributed by atoms with van der Waals surface area (Å²) in [6.07, 6.45) is 3.42. The monoisotopic (exact) mass is 316 g/mol. The second kappa shape index (κ2) is 9.23. The van der Waals surface area contributed by atoms with Crippen LogP contribution in [0.15, 0.2) is 18.2 Å². The van der Waals surface area contributed by atoms with Gasteiger partial charge in [0, 0.05) is 32.2 Å². The van der Waals surface area contributed by atoms with Crippen LogP contribution in [0.4, 0.5) is 4.39 Å². The molecule has 1 aliphatic rings. The average Bonchev–Trinajstić information content (AvgIpc) is 2.49. The van der Waals surface area contributed by atoms with Crippen LogP contribution in [0, 0.1) is 5.82 Å². The first-order valence-corrected chi connectivity index (χ1v) is 7.54. The number of nitrogens with zero attached hydrogens (tertiary/aromatic N) is 1. The van der Waals surface area contributed by atoms with E-state index < -0.39 is 0 Å². The van der Waals surface area contributed by atoms with Gasteiger partial charge in [-0.1, -0.05) is 25.8 Å². The Hall–Kier alpha value is -0.840. The summed E-state index contributed by atoms with van der Waals surface area (Å²) in [5.41, 5.74) is 1.07. The zero-order chi connectivity index (χ0) is 14.4. The van der Waals surface area contributed by atoms with Crippen LogP contribution < -0.4 is 10.1 Å². The number of rotatable bonds is 6. The zero-order valence-electron chi connectivity index (χ0n) is 12.9. The number of hydrogen-bond donors (Lipinski definition) is 1. The van der Waals surface area contributed by atoms with Crippen LogP contribution in [0.3, 0.4) is 0 Å². The van der Waals surface area contributed by atoms with Crippen molar-refractivity contribution in [1.82, 2.24) is 10.2 Å². The molecule has 1 N–H and O–H groups in total. The third-order valence-electron chi connectivity index (χ3n) is 3.98. The first kappa shape index (κ1) is 18.2. The van der Waals surface area contributed by atoms with Crippen LogP contribution in [0.25, 0.3) is 0 Å². The van der Waals surface area contributed by atoms with E-state index in [4.69, 9.17) is 4.74 Å². The highest BCUT2D eigenvalue weighted by Crippen LogP contribution is 2.29. The first-order valence-electron chi connectivity index (χ1n) is 7.54. The van der Waals surface area contributed by atoms with Crippen molar-refractivity contribution in [2.24, 2.45) is 0 Å². The maximum absolute atomic E-state index is 13.9.